The van der Waals surface area contributed by atoms with Gasteiger partial charge in [0, 0.05) is 12.7 Å². The van der Waals surface area contributed by atoms with E-state index >= 15 is 0 Å². The number of hydrogen-bond donors (Lipinski definition) is 0. The number of esters is 1. The summed E-state index contributed by atoms with van der Waals surface area (Å²) in [5.41, 5.74) is -3.74. The van der Waals surface area contributed by atoms with Crippen molar-refractivity contribution in [2.45, 2.75) is 87.8 Å². The first-order chi connectivity index (χ1) is 18.2. The van der Waals surface area contributed by atoms with E-state index in [0.717, 1.165) is 7.11 Å². The molecule has 3 heterocycles. The zero-order chi connectivity index (χ0) is 28.7. The van der Waals surface area contributed by atoms with Gasteiger partial charge in [0.2, 0.25) is 5.79 Å². The van der Waals surface area contributed by atoms with Crippen LogP contribution in [0.15, 0.2) is 65.3 Å². The van der Waals surface area contributed by atoms with Gasteiger partial charge in [-0.15, -0.1) is 0 Å². The van der Waals surface area contributed by atoms with Gasteiger partial charge in [-0.2, -0.15) is 13.2 Å². The summed E-state index contributed by atoms with van der Waals surface area (Å²) in [4.78, 5) is 13.5. The van der Waals surface area contributed by atoms with Crippen molar-refractivity contribution in [3.8, 4) is 0 Å². The maximum absolute atomic E-state index is 14.5. The van der Waals surface area contributed by atoms with E-state index in [1.54, 1.807) is 30.4 Å². The Balaban J connectivity index is 1.66. The molecule has 7 nitrogen and oxygen atoms in total. The lowest BCUT2D eigenvalue weighted by molar-refractivity contribution is -0.329. The van der Waals surface area contributed by atoms with Crippen LogP contribution >= 0.6 is 0 Å². The van der Waals surface area contributed by atoms with Gasteiger partial charge in [0.05, 0.1) is 6.26 Å². The van der Waals surface area contributed by atoms with Crippen LogP contribution < -0.4 is 0 Å². The van der Waals surface area contributed by atoms with Crippen LogP contribution in [0.1, 0.15) is 51.0 Å². The van der Waals surface area contributed by atoms with E-state index in [1.165, 1.54) is 30.5 Å². The smallest absolute Gasteiger partial charge is 0.432 e. The molecule has 39 heavy (non-hydrogen) atoms. The van der Waals surface area contributed by atoms with Gasteiger partial charge in [0.25, 0.3) is 5.60 Å². The summed E-state index contributed by atoms with van der Waals surface area (Å²) in [6.07, 6.45) is -2.58. The maximum Gasteiger partial charge on any atom is 0.432 e. The lowest BCUT2D eigenvalue weighted by Gasteiger charge is -2.44. The molecular formula is C28H35F3O7Si. The number of carbonyl (C=O) groups is 1. The Hall–Kier alpha value is -2.44. The highest BCUT2D eigenvalue weighted by atomic mass is 28.4. The number of benzene rings is 1. The fourth-order valence-corrected chi connectivity index (χ4v) is 5.59. The van der Waals surface area contributed by atoms with Gasteiger partial charge < -0.3 is 27.8 Å². The third-order valence-corrected chi connectivity index (χ3v) is 12.2. The van der Waals surface area contributed by atoms with Crippen molar-refractivity contribution in [1.29, 1.82) is 0 Å². The summed E-state index contributed by atoms with van der Waals surface area (Å²) in [7, 11) is -1.48. The number of furan rings is 1. The summed E-state index contributed by atoms with van der Waals surface area (Å²) in [5, 5.41) is -0.129. The van der Waals surface area contributed by atoms with Crippen LogP contribution in [-0.2, 0) is 33.8 Å². The molecule has 0 radical (unpaired) electrons. The third kappa shape index (κ3) is 5.47. The van der Waals surface area contributed by atoms with E-state index < -0.39 is 55.9 Å². The van der Waals surface area contributed by atoms with Gasteiger partial charge in [0.15, 0.2) is 20.7 Å². The predicted octanol–water partition coefficient (Wildman–Crippen LogP) is 6.78. The lowest BCUT2D eigenvalue weighted by atomic mass is 9.91. The van der Waals surface area contributed by atoms with Crippen molar-refractivity contribution < 1.29 is 45.8 Å². The van der Waals surface area contributed by atoms with Crippen molar-refractivity contribution in [3.63, 3.8) is 0 Å². The fourth-order valence-electron chi connectivity index (χ4n) is 4.53. The molecule has 5 atom stereocenters. The zero-order valence-electron chi connectivity index (χ0n) is 22.9. The summed E-state index contributed by atoms with van der Waals surface area (Å²) >= 11 is 0. The van der Waals surface area contributed by atoms with Gasteiger partial charge >= 0.3 is 12.1 Å². The number of carbonyl (C=O) groups excluding carboxylic acids is 1. The number of halogens is 3. The molecule has 2 aliphatic heterocycles. The van der Waals surface area contributed by atoms with E-state index in [9.17, 15) is 18.0 Å². The Morgan fingerprint density at radius 1 is 1.03 bits per heavy atom. The number of methoxy groups -OCH3 is 1. The number of ether oxygens (including phenoxy) is 4. The monoisotopic (exact) mass is 568 g/mol. The summed E-state index contributed by atoms with van der Waals surface area (Å²) in [6, 6.07) is 10.1. The molecule has 1 unspecified atom stereocenters. The molecule has 1 aromatic carbocycles. The Bertz CT molecular complexity index is 1160. The second-order valence-electron chi connectivity index (χ2n) is 11.3. The molecule has 2 aliphatic rings. The molecule has 11 heteroatoms. The van der Waals surface area contributed by atoms with E-state index in [4.69, 9.17) is 27.8 Å². The average molecular weight is 569 g/mol. The topological polar surface area (TPSA) is 76.4 Å². The van der Waals surface area contributed by atoms with Crippen molar-refractivity contribution in [2.24, 2.45) is 0 Å². The second-order valence-corrected chi connectivity index (χ2v) is 16.0. The molecular weight excluding hydrogens is 533 g/mol. The minimum Gasteiger partial charge on any atom is -0.467 e. The molecule has 0 N–H and O–H groups in total. The van der Waals surface area contributed by atoms with Crippen molar-refractivity contribution in [2.75, 3.05) is 7.11 Å². The van der Waals surface area contributed by atoms with Crippen LogP contribution in [0.2, 0.25) is 18.1 Å². The molecule has 4 rings (SSSR count). The molecule has 1 spiro atoms. The summed E-state index contributed by atoms with van der Waals surface area (Å²) < 4.78 is 78.5. The summed E-state index contributed by atoms with van der Waals surface area (Å²) in [6.45, 7) is 10.3. The second kappa shape index (κ2) is 10.5. The van der Waals surface area contributed by atoms with E-state index in [-0.39, 0.29) is 11.5 Å². The first-order valence-corrected chi connectivity index (χ1v) is 15.7. The van der Waals surface area contributed by atoms with Crippen molar-refractivity contribution in [1.82, 2.24) is 0 Å². The van der Waals surface area contributed by atoms with Crippen molar-refractivity contribution >= 4 is 14.3 Å². The molecule has 0 saturated carbocycles. The summed E-state index contributed by atoms with van der Waals surface area (Å²) in [5.74, 6) is -2.78. The van der Waals surface area contributed by atoms with E-state index in [0.29, 0.717) is 12.2 Å². The van der Waals surface area contributed by atoms with E-state index in [2.05, 4.69) is 33.9 Å². The Morgan fingerprint density at radius 2 is 1.72 bits per heavy atom. The quantitative estimate of drug-likeness (QED) is 0.207. The molecule has 2 aromatic rings. The highest BCUT2D eigenvalue weighted by Gasteiger charge is 2.65. The standard InChI is InChI=1S/C28H35F3O7Si/c1-25(2,3)39(5,6)38-23-16-17-26(37-23)22(15-14-21(36-26)20-13-10-18-34-20)35-24(32)27(33-4,28(29,30)31)19-11-8-7-9-12-19/h7-13,16-18,21-23H,14-15H2,1-6H3/t21-,22+,23?,26+,27-/m1/s1. The molecule has 1 fully saturated rings. The Kier molecular flexibility index (Phi) is 7.96. The van der Waals surface area contributed by atoms with E-state index in [1.807, 2.05) is 0 Å². The first kappa shape index (κ1) is 29.5. The Labute approximate surface area is 227 Å². The maximum atomic E-state index is 14.5. The lowest BCUT2D eigenvalue weighted by Crippen LogP contribution is -2.57. The van der Waals surface area contributed by atoms with Gasteiger partial charge in [0.1, 0.15) is 11.9 Å². The average Bonchev–Trinajstić information content (AvgIpc) is 3.51. The van der Waals surface area contributed by atoms with Gasteiger partial charge in [-0.25, -0.2) is 4.79 Å². The largest absolute Gasteiger partial charge is 0.467 e. The Morgan fingerprint density at radius 3 is 2.28 bits per heavy atom. The minimum absolute atomic E-state index is 0.129. The molecule has 0 bridgehead atoms. The molecule has 214 valence electrons. The van der Waals surface area contributed by atoms with Crippen LogP contribution in [0.5, 0.6) is 0 Å². The van der Waals surface area contributed by atoms with Crippen LogP contribution in [0, 0.1) is 0 Å². The SMILES string of the molecule is CO[C@@](C(=O)O[C@H]1CC[C@H](c2ccco2)O[C@]12C=CC(O[Si](C)(C)C(C)(C)C)O2)(c1ccccc1)C(F)(F)F. The number of rotatable bonds is 7. The van der Waals surface area contributed by atoms with Crippen LogP contribution in [0.25, 0.3) is 0 Å². The zero-order valence-corrected chi connectivity index (χ0v) is 23.9. The molecule has 1 saturated heterocycles. The number of hydrogen-bond acceptors (Lipinski definition) is 7. The van der Waals surface area contributed by atoms with Gasteiger partial charge in [-0.1, -0.05) is 51.1 Å². The van der Waals surface area contributed by atoms with Crippen molar-refractivity contribution in [3.05, 3.63) is 72.2 Å². The van der Waals surface area contributed by atoms with Gasteiger partial charge in [-0.05, 0) is 55.3 Å². The van der Waals surface area contributed by atoms with Crippen LogP contribution in [0.4, 0.5) is 13.2 Å². The molecule has 0 aliphatic carbocycles. The molecule has 1 aromatic heterocycles. The normalized spacial score (nSPS) is 27.5. The number of alkyl halides is 3. The first-order valence-electron chi connectivity index (χ1n) is 12.8. The third-order valence-electron chi connectivity index (χ3n) is 7.75. The fraction of sp³-hybridized carbons (Fsp3) is 0.536. The molecule has 0 amide bonds. The van der Waals surface area contributed by atoms with Crippen LogP contribution in [0.3, 0.4) is 0 Å². The minimum atomic E-state index is -5.11. The predicted molar refractivity (Wildman–Crippen MR) is 138 cm³/mol. The van der Waals surface area contributed by atoms with Crippen LogP contribution in [-0.4, -0.2) is 45.8 Å². The highest BCUT2D eigenvalue weighted by molar-refractivity contribution is 6.74. The highest BCUT2D eigenvalue weighted by Crippen LogP contribution is 2.48. The van der Waals surface area contributed by atoms with Gasteiger partial charge in [-0.3, -0.25) is 0 Å².